The second kappa shape index (κ2) is 4.53. The van der Waals surface area contributed by atoms with Crippen LogP contribution in [0.3, 0.4) is 0 Å². The number of rotatable bonds is 3. The van der Waals surface area contributed by atoms with Gasteiger partial charge in [0.1, 0.15) is 5.82 Å². The number of carbonyl (C=O) groups is 2. The monoisotopic (exact) mass is 280 g/mol. The van der Waals surface area contributed by atoms with Crippen molar-refractivity contribution in [3.63, 3.8) is 0 Å². The third kappa shape index (κ3) is 2.04. The standard InChI is InChI=1S/C13H13FN2O4/c14-8-4-2-1-3-7(8)13(5-6-13)15-10(17)9-11(18)16-20-12(9)19/h1-4,9,11,16,18H,5-6H2,(H,15,17). The number of aliphatic hydroxyl groups excluding tert-OH is 1. The van der Waals surface area contributed by atoms with Gasteiger partial charge in [0.2, 0.25) is 5.91 Å². The molecule has 1 heterocycles. The zero-order valence-corrected chi connectivity index (χ0v) is 10.4. The van der Waals surface area contributed by atoms with Crippen LogP contribution in [0.25, 0.3) is 0 Å². The highest BCUT2D eigenvalue weighted by Crippen LogP contribution is 2.46. The van der Waals surface area contributed by atoms with Crippen molar-refractivity contribution in [2.24, 2.45) is 5.92 Å². The number of hydrogen-bond donors (Lipinski definition) is 3. The summed E-state index contributed by atoms with van der Waals surface area (Å²) < 4.78 is 13.8. The van der Waals surface area contributed by atoms with Crippen molar-refractivity contribution >= 4 is 11.9 Å². The minimum Gasteiger partial charge on any atom is -0.374 e. The third-order valence-electron chi connectivity index (χ3n) is 3.63. The Bertz CT molecular complexity index is 573. The van der Waals surface area contributed by atoms with Gasteiger partial charge in [-0.2, -0.15) is 0 Å². The fourth-order valence-electron chi connectivity index (χ4n) is 2.38. The van der Waals surface area contributed by atoms with Crippen LogP contribution in [-0.4, -0.2) is 23.2 Å². The van der Waals surface area contributed by atoms with E-state index >= 15 is 0 Å². The van der Waals surface area contributed by atoms with E-state index in [1.54, 1.807) is 18.2 Å². The smallest absolute Gasteiger partial charge is 0.341 e. The first-order valence-corrected chi connectivity index (χ1v) is 6.25. The second-order valence-electron chi connectivity index (χ2n) is 5.01. The molecule has 3 rings (SSSR count). The van der Waals surface area contributed by atoms with Crippen molar-refractivity contribution in [1.29, 1.82) is 0 Å². The van der Waals surface area contributed by atoms with Crippen LogP contribution in [0.1, 0.15) is 18.4 Å². The van der Waals surface area contributed by atoms with E-state index in [4.69, 9.17) is 0 Å². The lowest BCUT2D eigenvalue weighted by atomic mass is 10.0. The minimum atomic E-state index is -1.39. The van der Waals surface area contributed by atoms with Gasteiger partial charge in [-0.05, 0) is 18.9 Å². The molecule has 1 amide bonds. The molecule has 1 aliphatic carbocycles. The van der Waals surface area contributed by atoms with E-state index in [2.05, 4.69) is 10.2 Å². The average molecular weight is 280 g/mol. The summed E-state index contributed by atoms with van der Waals surface area (Å²) in [6, 6.07) is 6.18. The van der Waals surface area contributed by atoms with E-state index in [9.17, 15) is 19.1 Å². The Morgan fingerprint density at radius 1 is 1.45 bits per heavy atom. The lowest BCUT2D eigenvalue weighted by Crippen LogP contribution is -2.45. The van der Waals surface area contributed by atoms with Crippen molar-refractivity contribution in [1.82, 2.24) is 10.8 Å². The Morgan fingerprint density at radius 2 is 2.15 bits per heavy atom. The predicted octanol–water partition coefficient (Wildman–Crippen LogP) is -0.0730. The Hall–Kier alpha value is -1.99. The third-order valence-corrected chi connectivity index (χ3v) is 3.63. The summed E-state index contributed by atoms with van der Waals surface area (Å²) >= 11 is 0. The first-order chi connectivity index (χ1) is 9.53. The summed E-state index contributed by atoms with van der Waals surface area (Å²) in [4.78, 5) is 27.8. The van der Waals surface area contributed by atoms with Crippen LogP contribution in [0, 0.1) is 11.7 Å². The zero-order valence-electron chi connectivity index (χ0n) is 10.4. The molecule has 1 aromatic carbocycles. The predicted molar refractivity (Wildman–Crippen MR) is 64.2 cm³/mol. The van der Waals surface area contributed by atoms with Gasteiger partial charge in [0.05, 0.1) is 5.54 Å². The molecule has 2 atom stereocenters. The lowest BCUT2D eigenvalue weighted by molar-refractivity contribution is -0.148. The van der Waals surface area contributed by atoms with Gasteiger partial charge in [-0.15, -0.1) is 5.48 Å². The number of benzene rings is 1. The first kappa shape index (κ1) is 13.0. The largest absolute Gasteiger partial charge is 0.374 e. The van der Waals surface area contributed by atoms with E-state index in [0.29, 0.717) is 18.4 Å². The SMILES string of the molecule is O=C(NC1(c2ccccc2F)CC1)C1C(=O)ONC1O. The summed E-state index contributed by atoms with van der Waals surface area (Å²) in [5.74, 6) is -3.26. The molecule has 0 aromatic heterocycles. The maximum absolute atomic E-state index is 13.8. The van der Waals surface area contributed by atoms with Crippen molar-refractivity contribution < 1.29 is 23.9 Å². The Kier molecular flexibility index (Phi) is 2.95. The molecular weight excluding hydrogens is 267 g/mol. The van der Waals surface area contributed by atoms with E-state index in [1.165, 1.54) is 6.07 Å². The van der Waals surface area contributed by atoms with Gasteiger partial charge in [-0.1, -0.05) is 18.2 Å². The summed E-state index contributed by atoms with van der Waals surface area (Å²) in [5, 5.41) is 12.1. The topological polar surface area (TPSA) is 87.7 Å². The molecule has 1 saturated heterocycles. The van der Waals surface area contributed by atoms with Crippen LogP contribution in [0.5, 0.6) is 0 Å². The number of aliphatic hydroxyl groups is 1. The molecule has 0 spiro atoms. The molecule has 2 fully saturated rings. The van der Waals surface area contributed by atoms with E-state index in [-0.39, 0.29) is 0 Å². The molecule has 3 N–H and O–H groups in total. The highest BCUT2D eigenvalue weighted by atomic mass is 19.1. The number of halogens is 1. The molecular formula is C13H13FN2O4. The van der Waals surface area contributed by atoms with Crippen LogP contribution in [0.15, 0.2) is 24.3 Å². The molecule has 20 heavy (non-hydrogen) atoms. The van der Waals surface area contributed by atoms with Gasteiger partial charge in [-0.3, -0.25) is 4.79 Å². The average Bonchev–Trinajstić information content (AvgIpc) is 3.09. The van der Waals surface area contributed by atoms with Gasteiger partial charge in [0.25, 0.3) is 0 Å². The fraction of sp³-hybridized carbons (Fsp3) is 0.385. The van der Waals surface area contributed by atoms with Crippen molar-refractivity contribution in [2.45, 2.75) is 24.6 Å². The first-order valence-electron chi connectivity index (χ1n) is 6.25. The van der Waals surface area contributed by atoms with Crippen LogP contribution in [0.2, 0.25) is 0 Å². The van der Waals surface area contributed by atoms with Gasteiger partial charge in [0, 0.05) is 5.56 Å². The van der Waals surface area contributed by atoms with Crippen molar-refractivity contribution in [2.75, 3.05) is 0 Å². The van der Waals surface area contributed by atoms with Crippen LogP contribution < -0.4 is 10.8 Å². The fourth-order valence-corrected chi connectivity index (χ4v) is 2.38. The van der Waals surface area contributed by atoms with E-state index < -0.39 is 35.4 Å². The van der Waals surface area contributed by atoms with Gasteiger partial charge < -0.3 is 15.3 Å². The molecule has 1 saturated carbocycles. The molecule has 1 aromatic rings. The van der Waals surface area contributed by atoms with Gasteiger partial charge >= 0.3 is 5.97 Å². The molecule has 1 aliphatic heterocycles. The number of carbonyl (C=O) groups excluding carboxylic acids is 2. The van der Waals surface area contributed by atoms with Crippen molar-refractivity contribution in [3.05, 3.63) is 35.6 Å². The summed E-state index contributed by atoms with van der Waals surface area (Å²) in [6.07, 6.45) is -0.213. The number of hydrogen-bond acceptors (Lipinski definition) is 5. The molecule has 0 bridgehead atoms. The van der Waals surface area contributed by atoms with Crippen LogP contribution in [-0.2, 0) is 20.0 Å². The second-order valence-corrected chi connectivity index (χ2v) is 5.01. The molecule has 7 heteroatoms. The number of hydroxylamine groups is 1. The maximum Gasteiger partial charge on any atom is 0.341 e. The quantitative estimate of drug-likeness (QED) is 0.674. The Morgan fingerprint density at radius 3 is 2.70 bits per heavy atom. The molecule has 6 nitrogen and oxygen atoms in total. The Labute approximate surface area is 113 Å². The van der Waals surface area contributed by atoms with Gasteiger partial charge in [0.15, 0.2) is 12.1 Å². The van der Waals surface area contributed by atoms with Gasteiger partial charge in [-0.25, -0.2) is 9.18 Å². The van der Waals surface area contributed by atoms with Crippen LogP contribution in [0.4, 0.5) is 4.39 Å². The summed E-state index contributed by atoms with van der Waals surface area (Å²) in [5.41, 5.74) is 1.63. The normalized spacial score (nSPS) is 27.0. The summed E-state index contributed by atoms with van der Waals surface area (Å²) in [6.45, 7) is 0. The number of amides is 1. The number of nitrogens with one attached hydrogen (secondary N) is 2. The molecule has 2 unspecified atom stereocenters. The summed E-state index contributed by atoms with van der Waals surface area (Å²) in [7, 11) is 0. The maximum atomic E-state index is 13.8. The lowest BCUT2D eigenvalue weighted by Gasteiger charge is -2.20. The molecule has 106 valence electrons. The molecule has 0 radical (unpaired) electrons. The molecule has 2 aliphatic rings. The van der Waals surface area contributed by atoms with Crippen molar-refractivity contribution in [3.8, 4) is 0 Å². The van der Waals surface area contributed by atoms with E-state index in [0.717, 1.165) is 0 Å². The highest BCUT2D eigenvalue weighted by molar-refractivity contribution is 5.99. The minimum absolute atomic E-state index is 0.391. The van der Waals surface area contributed by atoms with E-state index in [1.807, 2.05) is 5.48 Å². The zero-order chi connectivity index (χ0) is 14.3. The highest BCUT2D eigenvalue weighted by Gasteiger charge is 2.51. The Balaban J connectivity index is 1.79. The van der Waals surface area contributed by atoms with Crippen LogP contribution >= 0.6 is 0 Å².